The highest BCUT2D eigenvalue weighted by atomic mass is 35.5. The maximum absolute atomic E-state index is 10.6. The molecule has 0 fully saturated rings. The van der Waals surface area contributed by atoms with E-state index in [0.29, 0.717) is 44.6 Å². The molecule has 302 valence electrons. The fraction of sp³-hybridized carbons (Fsp3) is 0.234. The van der Waals surface area contributed by atoms with Gasteiger partial charge in [-0.2, -0.15) is 0 Å². The molecule has 6 nitrogen and oxygen atoms in total. The molecule has 3 atom stereocenters. The summed E-state index contributed by atoms with van der Waals surface area (Å²) >= 11 is 16.7. The standard InChI is InChI=1S/C47H46Cl2O6S3/c1-32-2-20-44(21-3-32)56-29-38(50)26-53-41-14-4-33(5-15-41)47(34-6-16-42(17-7-34)54-27-39(51)30-57-45-22-10-36(48)11-23-45)35-8-18-43(19-9-35)55-28-40(52)31-58-46-24-12-37(49)13-25-46/h2-25,38-40,47,50-52H,26-31H2,1H3. The van der Waals surface area contributed by atoms with Crippen molar-refractivity contribution in [1.29, 1.82) is 0 Å². The molecule has 6 aromatic carbocycles. The van der Waals surface area contributed by atoms with E-state index in [-0.39, 0.29) is 25.7 Å². The molecule has 0 saturated heterocycles. The van der Waals surface area contributed by atoms with Gasteiger partial charge in [-0.1, -0.05) is 77.3 Å². The summed E-state index contributed by atoms with van der Waals surface area (Å²) < 4.78 is 17.9. The Balaban J connectivity index is 1.08. The third-order valence-corrected chi connectivity index (χ3v) is 12.9. The molecule has 0 aliphatic rings. The SMILES string of the molecule is Cc1ccc(SCC(O)COc2ccc(C(c3ccc(OCC(O)CSc4ccc(Cl)cc4)cc3)c3ccc(OCC(O)CSc4ccc(Cl)cc4)cc3)cc2)cc1. The maximum atomic E-state index is 10.6. The molecule has 0 bridgehead atoms. The number of aryl methyl sites for hydroxylation is 1. The second-order valence-corrected chi connectivity index (χ2v) is 17.8. The average molecular weight is 874 g/mol. The van der Waals surface area contributed by atoms with Crippen LogP contribution in [-0.2, 0) is 0 Å². The van der Waals surface area contributed by atoms with Crippen LogP contribution in [0.5, 0.6) is 17.2 Å². The lowest BCUT2D eigenvalue weighted by molar-refractivity contribution is 0.126. The van der Waals surface area contributed by atoms with Crippen LogP contribution in [0.25, 0.3) is 0 Å². The molecule has 3 N–H and O–H groups in total. The molecule has 6 rings (SSSR count). The highest BCUT2D eigenvalue weighted by Gasteiger charge is 2.19. The fourth-order valence-corrected chi connectivity index (χ4v) is 8.52. The van der Waals surface area contributed by atoms with Crippen LogP contribution in [0.4, 0.5) is 0 Å². The zero-order valence-electron chi connectivity index (χ0n) is 32.0. The maximum Gasteiger partial charge on any atom is 0.119 e. The summed E-state index contributed by atoms with van der Waals surface area (Å²) in [5.74, 6) is 3.40. The Morgan fingerprint density at radius 1 is 0.414 bits per heavy atom. The minimum absolute atomic E-state index is 0.128. The molecule has 0 amide bonds. The van der Waals surface area contributed by atoms with Gasteiger partial charge in [0.25, 0.3) is 0 Å². The second-order valence-electron chi connectivity index (χ2n) is 13.7. The van der Waals surface area contributed by atoms with Crippen molar-refractivity contribution in [3.05, 3.63) is 178 Å². The number of hydrogen-bond acceptors (Lipinski definition) is 9. The van der Waals surface area contributed by atoms with Crippen LogP contribution in [0.15, 0.2) is 160 Å². The van der Waals surface area contributed by atoms with Crippen LogP contribution >= 0.6 is 58.5 Å². The van der Waals surface area contributed by atoms with Gasteiger partial charge < -0.3 is 29.5 Å². The lowest BCUT2D eigenvalue weighted by Gasteiger charge is -2.21. The number of hydrogen-bond donors (Lipinski definition) is 3. The van der Waals surface area contributed by atoms with E-state index in [1.54, 1.807) is 35.3 Å². The summed E-state index contributed by atoms with van der Waals surface area (Å²) in [6.45, 7) is 2.58. The number of aliphatic hydroxyl groups is 3. The Morgan fingerprint density at radius 3 is 0.983 bits per heavy atom. The third-order valence-electron chi connectivity index (χ3n) is 8.94. The first-order valence-electron chi connectivity index (χ1n) is 18.9. The van der Waals surface area contributed by atoms with Gasteiger partial charge in [0.15, 0.2) is 0 Å². The lowest BCUT2D eigenvalue weighted by atomic mass is 9.85. The van der Waals surface area contributed by atoms with Gasteiger partial charge in [-0.25, -0.2) is 0 Å². The smallest absolute Gasteiger partial charge is 0.119 e. The molecule has 0 heterocycles. The van der Waals surface area contributed by atoms with Crippen molar-refractivity contribution in [3.63, 3.8) is 0 Å². The molecule has 0 aliphatic carbocycles. The number of thioether (sulfide) groups is 3. The van der Waals surface area contributed by atoms with Crippen molar-refractivity contribution in [3.8, 4) is 17.2 Å². The zero-order chi connectivity index (χ0) is 40.7. The number of ether oxygens (including phenoxy) is 3. The Labute approximate surface area is 363 Å². The van der Waals surface area contributed by atoms with Crippen LogP contribution < -0.4 is 14.2 Å². The Hall–Kier alpha value is -3.77. The summed E-state index contributed by atoms with van der Waals surface area (Å²) in [5.41, 5.74) is 4.35. The molecule has 0 aliphatic heterocycles. The van der Waals surface area contributed by atoms with Gasteiger partial charge in [0.05, 0.1) is 18.3 Å². The predicted molar refractivity (Wildman–Crippen MR) is 241 cm³/mol. The average Bonchev–Trinajstić information content (AvgIpc) is 3.25. The summed E-state index contributed by atoms with van der Waals surface area (Å²) in [7, 11) is 0. The monoisotopic (exact) mass is 872 g/mol. The Morgan fingerprint density at radius 2 is 0.690 bits per heavy atom. The van der Waals surface area contributed by atoms with E-state index < -0.39 is 18.3 Å². The van der Waals surface area contributed by atoms with Crippen LogP contribution in [0.2, 0.25) is 10.0 Å². The van der Waals surface area contributed by atoms with Crippen molar-refractivity contribution < 1.29 is 29.5 Å². The first kappa shape index (κ1) is 43.8. The van der Waals surface area contributed by atoms with Crippen LogP contribution in [0, 0.1) is 6.92 Å². The second kappa shape index (κ2) is 22.6. The number of halogens is 2. The number of benzene rings is 6. The predicted octanol–water partition coefficient (Wildman–Crippen LogP) is 11.1. The van der Waals surface area contributed by atoms with Gasteiger partial charge in [0.2, 0.25) is 0 Å². The quantitative estimate of drug-likeness (QED) is 0.0483. The van der Waals surface area contributed by atoms with Gasteiger partial charge in [-0.05, 0) is 121 Å². The first-order valence-corrected chi connectivity index (χ1v) is 22.6. The first-order chi connectivity index (χ1) is 28.2. The van der Waals surface area contributed by atoms with E-state index in [0.717, 1.165) is 31.4 Å². The number of rotatable bonds is 21. The molecule has 58 heavy (non-hydrogen) atoms. The summed E-state index contributed by atoms with van der Waals surface area (Å²) in [5, 5.41) is 33.1. The van der Waals surface area contributed by atoms with Crippen molar-refractivity contribution >= 4 is 58.5 Å². The summed E-state index contributed by atoms with van der Waals surface area (Å²) in [6, 6.07) is 47.2. The Kier molecular flexibility index (Phi) is 17.0. The largest absolute Gasteiger partial charge is 0.491 e. The van der Waals surface area contributed by atoms with Crippen molar-refractivity contribution in [2.24, 2.45) is 0 Å². The minimum atomic E-state index is -0.647. The van der Waals surface area contributed by atoms with Crippen molar-refractivity contribution in [2.45, 2.75) is 45.8 Å². The highest BCUT2D eigenvalue weighted by Crippen LogP contribution is 2.35. The van der Waals surface area contributed by atoms with E-state index in [1.165, 1.54) is 5.56 Å². The van der Waals surface area contributed by atoms with E-state index in [1.807, 2.05) is 121 Å². The topological polar surface area (TPSA) is 88.4 Å². The molecule has 0 saturated carbocycles. The van der Waals surface area contributed by atoms with E-state index in [9.17, 15) is 15.3 Å². The zero-order valence-corrected chi connectivity index (χ0v) is 35.9. The van der Waals surface area contributed by atoms with Crippen LogP contribution in [0.1, 0.15) is 28.2 Å². The molecule has 0 radical (unpaired) electrons. The van der Waals surface area contributed by atoms with Gasteiger partial charge in [0, 0.05) is 47.9 Å². The normalized spacial score (nSPS) is 13.3. The van der Waals surface area contributed by atoms with Crippen molar-refractivity contribution in [2.75, 3.05) is 37.1 Å². The van der Waals surface area contributed by atoms with Gasteiger partial charge in [0.1, 0.15) is 37.1 Å². The van der Waals surface area contributed by atoms with Gasteiger partial charge >= 0.3 is 0 Å². The highest BCUT2D eigenvalue weighted by molar-refractivity contribution is 7.99. The Bertz CT molecular complexity index is 1860. The fourth-order valence-electron chi connectivity index (χ4n) is 5.84. The van der Waals surface area contributed by atoms with E-state index in [4.69, 9.17) is 37.4 Å². The molecular formula is C47H46Cl2O6S3. The molecular weight excluding hydrogens is 828 g/mol. The van der Waals surface area contributed by atoms with Crippen LogP contribution in [0.3, 0.4) is 0 Å². The summed E-state index contributed by atoms with van der Waals surface area (Å²) in [6.07, 6.45) is -1.91. The molecule has 11 heteroatoms. The molecule has 0 aromatic heterocycles. The van der Waals surface area contributed by atoms with Gasteiger partial charge in [-0.15, -0.1) is 35.3 Å². The summed E-state index contributed by atoms with van der Waals surface area (Å²) in [4.78, 5) is 3.18. The molecule has 6 aromatic rings. The van der Waals surface area contributed by atoms with Crippen LogP contribution in [-0.4, -0.2) is 70.7 Å². The molecule has 0 spiro atoms. The lowest BCUT2D eigenvalue weighted by Crippen LogP contribution is -2.20. The number of aliphatic hydroxyl groups excluding tert-OH is 3. The minimum Gasteiger partial charge on any atom is -0.491 e. The van der Waals surface area contributed by atoms with Gasteiger partial charge in [-0.3, -0.25) is 0 Å². The molecule has 3 unspecified atom stereocenters. The van der Waals surface area contributed by atoms with E-state index >= 15 is 0 Å². The van der Waals surface area contributed by atoms with E-state index in [2.05, 4.69) is 31.2 Å². The third kappa shape index (κ3) is 14.2. The van der Waals surface area contributed by atoms with Crippen molar-refractivity contribution in [1.82, 2.24) is 0 Å².